The van der Waals surface area contributed by atoms with Gasteiger partial charge in [0.2, 0.25) is 5.16 Å². The summed E-state index contributed by atoms with van der Waals surface area (Å²) in [5.41, 5.74) is 2.53. The average molecular weight is 568 g/mol. The Bertz CT molecular complexity index is 1690. The van der Waals surface area contributed by atoms with Crippen molar-refractivity contribution in [2.24, 2.45) is 0 Å². The number of hydrogen-bond donors (Lipinski definition) is 1. The molecule has 1 atom stereocenters. The number of nitrogens with zero attached hydrogens (tertiary/aromatic N) is 3. The van der Waals surface area contributed by atoms with Gasteiger partial charge in [0, 0.05) is 23.4 Å². The number of benzene rings is 2. The molecule has 13 heteroatoms. The zero-order chi connectivity index (χ0) is 27.1. The summed E-state index contributed by atoms with van der Waals surface area (Å²) in [5.74, 6) is -0.411. The van der Waals surface area contributed by atoms with E-state index in [0.29, 0.717) is 28.3 Å². The van der Waals surface area contributed by atoms with Crippen molar-refractivity contribution < 1.29 is 63.0 Å². The largest absolute Gasteiger partial charge is 1.00 e. The number of fused-ring (bicyclic) bond motifs is 1. The van der Waals surface area contributed by atoms with Crippen LogP contribution in [0, 0.1) is 20.8 Å². The van der Waals surface area contributed by atoms with Crippen LogP contribution in [-0.2, 0) is 26.6 Å². The van der Waals surface area contributed by atoms with Gasteiger partial charge in [-0.15, -0.1) is 0 Å². The first-order chi connectivity index (χ1) is 17.5. The number of ether oxygens (including phenoxy) is 2. The number of carbonyl (C=O) groups is 1. The van der Waals surface area contributed by atoms with Crippen molar-refractivity contribution in [1.29, 1.82) is 0 Å². The van der Waals surface area contributed by atoms with Crippen molar-refractivity contribution in [2.75, 3.05) is 14.2 Å². The molecule has 1 N–H and O–H groups in total. The van der Waals surface area contributed by atoms with Crippen molar-refractivity contribution in [3.8, 4) is 11.5 Å². The van der Waals surface area contributed by atoms with Crippen LogP contribution < -0.4 is 39.0 Å². The maximum Gasteiger partial charge on any atom is 1.00 e. The summed E-state index contributed by atoms with van der Waals surface area (Å²) >= 11 is 0. The summed E-state index contributed by atoms with van der Waals surface area (Å²) < 4.78 is 53.3. The summed E-state index contributed by atoms with van der Waals surface area (Å²) in [6.07, 6.45) is 1.60. The van der Waals surface area contributed by atoms with Crippen molar-refractivity contribution in [3.63, 3.8) is 0 Å². The minimum absolute atomic E-state index is 0. The summed E-state index contributed by atoms with van der Waals surface area (Å²) in [7, 11) is -3.42. The minimum atomic E-state index is -4.43. The van der Waals surface area contributed by atoms with E-state index >= 15 is 0 Å². The molecule has 0 aliphatic carbocycles. The van der Waals surface area contributed by atoms with Crippen molar-refractivity contribution in [3.05, 3.63) is 70.5 Å². The molecule has 0 spiro atoms. The molecular weight excluding hydrogens is 541 g/mol. The van der Waals surface area contributed by atoms with E-state index < -0.39 is 26.8 Å². The molecule has 10 nitrogen and oxygen atoms in total. The number of hydrogen-bond acceptors (Lipinski definition) is 8. The van der Waals surface area contributed by atoms with Gasteiger partial charge >= 0.3 is 35.5 Å². The van der Waals surface area contributed by atoms with E-state index in [1.54, 1.807) is 32.2 Å². The Hall–Kier alpha value is -2.77. The van der Waals surface area contributed by atoms with Gasteiger partial charge in [-0.05, 0) is 50.6 Å². The first-order valence-electron chi connectivity index (χ1n) is 11.0. The first-order valence-corrected chi connectivity index (χ1v) is 13.8. The van der Waals surface area contributed by atoms with E-state index in [9.17, 15) is 22.5 Å². The fourth-order valence-electron chi connectivity index (χ4n) is 4.03. The molecule has 0 bridgehead atoms. The molecule has 2 aromatic heterocycles. The number of rotatable bonds is 8. The van der Waals surface area contributed by atoms with Gasteiger partial charge in [0.25, 0.3) is 10.0 Å². The van der Waals surface area contributed by atoms with Gasteiger partial charge in [0.1, 0.15) is 11.5 Å². The molecule has 2 aromatic carbocycles. The van der Waals surface area contributed by atoms with Crippen molar-refractivity contribution >= 4 is 37.8 Å². The Morgan fingerprint density at radius 2 is 1.79 bits per heavy atom. The van der Waals surface area contributed by atoms with Gasteiger partial charge in [-0.2, -0.15) is 0 Å². The number of aryl methyl sites for hydroxylation is 2. The van der Waals surface area contributed by atoms with Crippen molar-refractivity contribution in [1.82, 2.24) is 13.9 Å². The summed E-state index contributed by atoms with van der Waals surface area (Å²) in [4.78, 5) is 20.1. The molecular formula is C25H26N3NaO7S2. The zero-order valence-electron chi connectivity index (χ0n) is 22.8. The van der Waals surface area contributed by atoms with Crippen LogP contribution in [0.15, 0.2) is 52.6 Å². The molecule has 0 aliphatic rings. The second-order valence-corrected chi connectivity index (χ2v) is 11.4. The van der Waals surface area contributed by atoms with E-state index in [-0.39, 0.29) is 63.4 Å². The third kappa shape index (κ3) is 5.36. The van der Waals surface area contributed by atoms with Crippen LogP contribution in [0.5, 0.6) is 11.5 Å². The number of pyridine rings is 1. The third-order valence-corrected chi connectivity index (χ3v) is 9.14. The Balaban J connectivity index is 0.00000267. The summed E-state index contributed by atoms with van der Waals surface area (Å²) in [5, 5.41) is 9.22. The van der Waals surface area contributed by atoms with E-state index in [1.807, 2.05) is 6.92 Å². The molecule has 4 aromatic rings. The number of aromatic carboxylic acids is 1. The predicted octanol–water partition coefficient (Wildman–Crippen LogP) is 0.733. The molecule has 0 amide bonds. The van der Waals surface area contributed by atoms with E-state index in [0.717, 1.165) is 15.6 Å². The van der Waals surface area contributed by atoms with Gasteiger partial charge in [0.05, 0.1) is 58.0 Å². The van der Waals surface area contributed by atoms with Gasteiger partial charge in [-0.25, -0.2) is 22.2 Å². The number of aromatic nitrogens is 3. The molecule has 0 saturated carbocycles. The SMILES string of the molecule is COc1ccc2nc(S(=O)Cc3ncc(C)c(OC)c3C)n(S(=O)(=O)c3cc(C(=O)O)ccc3C)c2c1.[H-].[Na+]. The molecule has 196 valence electrons. The van der Waals surface area contributed by atoms with E-state index in [1.165, 1.54) is 32.4 Å². The molecule has 0 aliphatic heterocycles. The fourth-order valence-corrected chi connectivity index (χ4v) is 7.32. The van der Waals surface area contributed by atoms with Crippen LogP contribution in [0.3, 0.4) is 0 Å². The van der Waals surface area contributed by atoms with E-state index in [4.69, 9.17) is 9.47 Å². The van der Waals surface area contributed by atoms with Crippen LogP contribution in [0.25, 0.3) is 11.0 Å². The maximum absolute atomic E-state index is 14.0. The van der Waals surface area contributed by atoms with Crippen LogP contribution >= 0.6 is 0 Å². The van der Waals surface area contributed by atoms with Crippen molar-refractivity contribution in [2.45, 2.75) is 36.6 Å². The van der Waals surface area contributed by atoms with Crippen LogP contribution in [0.2, 0.25) is 0 Å². The summed E-state index contributed by atoms with van der Waals surface area (Å²) in [6, 6.07) is 8.49. The third-order valence-electron chi connectivity index (χ3n) is 5.97. The fraction of sp³-hybridized carbons (Fsp3) is 0.240. The quantitative estimate of drug-likeness (QED) is 0.306. The van der Waals surface area contributed by atoms with Gasteiger partial charge in [-0.1, -0.05) is 6.07 Å². The molecule has 0 fully saturated rings. The topological polar surface area (TPSA) is 138 Å². The Morgan fingerprint density at radius 3 is 2.42 bits per heavy atom. The molecule has 1 unspecified atom stereocenters. The van der Waals surface area contributed by atoms with Gasteiger partial charge in [0.15, 0.2) is 0 Å². The Kier molecular flexibility index (Phi) is 9.04. The molecule has 38 heavy (non-hydrogen) atoms. The minimum Gasteiger partial charge on any atom is -1.00 e. The first kappa shape index (κ1) is 29.8. The summed E-state index contributed by atoms with van der Waals surface area (Å²) in [6.45, 7) is 5.18. The number of carboxylic acid groups (broad SMARTS) is 1. The number of carboxylic acids is 1. The molecule has 2 heterocycles. The van der Waals surface area contributed by atoms with Crippen LogP contribution in [0.4, 0.5) is 0 Å². The predicted molar refractivity (Wildman–Crippen MR) is 138 cm³/mol. The van der Waals surface area contributed by atoms with Gasteiger partial charge < -0.3 is 16.0 Å². The Morgan fingerprint density at radius 1 is 1.08 bits per heavy atom. The van der Waals surface area contributed by atoms with Crippen LogP contribution in [0.1, 0.15) is 34.2 Å². The zero-order valence-corrected chi connectivity index (χ0v) is 25.4. The monoisotopic (exact) mass is 567 g/mol. The van der Waals surface area contributed by atoms with Gasteiger partial charge in [-0.3, -0.25) is 9.19 Å². The number of imidazole rings is 1. The van der Waals surface area contributed by atoms with Crippen LogP contribution in [-0.4, -0.2) is 51.9 Å². The second-order valence-electron chi connectivity index (χ2n) is 8.34. The number of methoxy groups -OCH3 is 2. The average Bonchev–Trinajstić information content (AvgIpc) is 3.25. The molecule has 0 saturated heterocycles. The standard InChI is InChI=1S/C25H25N3O7S2.Na.H/c1-14-6-7-17(24(29)30)10-22(14)37(32,33)28-21-11-18(34-4)8-9-19(21)27-25(28)36(31)13-20-16(3)23(35-5)15(2)12-26-20;;/h6-12H,13H2,1-5H3,(H,29,30);;/q;+1;-1. The molecule has 0 radical (unpaired) electrons. The molecule has 4 rings (SSSR count). The maximum atomic E-state index is 14.0. The smallest absolute Gasteiger partial charge is 1.00 e. The normalized spacial score (nSPS) is 12.1. The van der Waals surface area contributed by atoms with E-state index in [2.05, 4.69) is 9.97 Å². The second kappa shape index (κ2) is 11.5. The Labute approximate surface area is 246 Å².